The molecule has 2 N–H and O–H groups in total. The van der Waals surface area contributed by atoms with Crippen molar-refractivity contribution in [3.8, 4) is 6.07 Å². The number of nitrogens with one attached hydrogen (secondary N) is 1. The summed E-state index contributed by atoms with van der Waals surface area (Å²) >= 11 is 0. The zero-order valence-electron chi connectivity index (χ0n) is 12.2. The summed E-state index contributed by atoms with van der Waals surface area (Å²) in [6, 6.07) is 14.6. The number of rotatable bonds is 3. The topological polar surface area (TPSA) is 73.1 Å². The fourth-order valence-corrected chi connectivity index (χ4v) is 2.96. The molecule has 0 radical (unpaired) electrons. The summed E-state index contributed by atoms with van der Waals surface area (Å²) in [6.07, 6.45) is 0.0317. The Morgan fingerprint density at radius 1 is 1.32 bits per heavy atom. The summed E-state index contributed by atoms with van der Waals surface area (Å²) in [5, 5.41) is 22.6. The SMILES string of the molecule is CC(=O)c1ccc(C#N)cc1N[C@H]1c2ccccc2C[C@H]1O. The van der Waals surface area contributed by atoms with Gasteiger partial charge in [0.25, 0.3) is 0 Å². The molecule has 2 aromatic carbocycles. The Balaban J connectivity index is 2.00. The first-order valence-electron chi connectivity index (χ1n) is 7.17. The Morgan fingerprint density at radius 3 is 2.82 bits per heavy atom. The van der Waals surface area contributed by atoms with Gasteiger partial charge in [0.2, 0.25) is 0 Å². The molecule has 22 heavy (non-hydrogen) atoms. The van der Waals surface area contributed by atoms with E-state index in [4.69, 9.17) is 5.26 Å². The van der Waals surface area contributed by atoms with Gasteiger partial charge in [-0.1, -0.05) is 24.3 Å². The molecular weight excluding hydrogens is 276 g/mol. The number of aliphatic hydroxyl groups is 1. The Kier molecular flexibility index (Phi) is 3.66. The lowest BCUT2D eigenvalue weighted by atomic mass is 10.0. The molecule has 4 nitrogen and oxygen atoms in total. The van der Waals surface area contributed by atoms with Crippen LogP contribution < -0.4 is 5.32 Å². The first-order chi connectivity index (χ1) is 10.6. The van der Waals surface area contributed by atoms with Crippen molar-refractivity contribution in [2.24, 2.45) is 0 Å². The van der Waals surface area contributed by atoms with Crippen LogP contribution in [0.5, 0.6) is 0 Å². The molecule has 0 unspecified atom stereocenters. The number of carbonyl (C=O) groups is 1. The number of nitriles is 1. The number of hydrogen-bond acceptors (Lipinski definition) is 4. The third-order valence-electron chi connectivity index (χ3n) is 4.04. The number of benzene rings is 2. The fraction of sp³-hybridized carbons (Fsp3) is 0.222. The lowest BCUT2D eigenvalue weighted by molar-refractivity contribution is 0.101. The average molecular weight is 292 g/mol. The van der Waals surface area contributed by atoms with Gasteiger partial charge in [-0.15, -0.1) is 0 Å². The van der Waals surface area contributed by atoms with Crippen molar-refractivity contribution >= 4 is 11.5 Å². The van der Waals surface area contributed by atoms with Crippen LogP contribution in [0, 0.1) is 11.3 Å². The smallest absolute Gasteiger partial charge is 0.161 e. The molecule has 2 atom stereocenters. The lowest BCUT2D eigenvalue weighted by Gasteiger charge is -2.21. The number of anilines is 1. The Morgan fingerprint density at radius 2 is 2.09 bits per heavy atom. The number of aliphatic hydroxyl groups excluding tert-OH is 1. The summed E-state index contributed by atoms with van der Waals surface area (Å²) < 4.78 is 0. The summed E-state index contributed by atoms with van der Waals surface area (Å²) in [5.41, 5.74) is 3.73. The van der Waals surface area contributed by atoms with E-state index in [2.05, 4.69) is 11.4 Å². The van der Waals surface area contributed by atoms with E-state index in [1.807, 2.05) is 24.3 Å². The molecule has 110 valence electrons. The van der Waals surface area contributed by atoms with Gasteiger partial charge in [0.1, 0.15) is 0 Å². The van der Waals surface area contributed by atoms with Crippen LogP contribution in [0.15, 0.2) is 42.5 Å². The minimum absolute atomic E-state index is 0.0761. The van der Waals surface area contributed by atoms with Gasteiger partial charge in [-0.25, -0.2) is 0 Å². The van der Waals surface area contributed by atoms with Crippen molar-refractivity contribution in [2.75, 3.05) is 5.32 Å². The molecule has 0 aromatic heterocycles. The van der Waals surface area contributed by atoms with Crippen LogP contribution in [0.4, 0.5) is 5.69 Å². The highest BCUT2D eigenvalue weighted by Gasteiger charge is 2.31. The average Bonchev–Trinajstić information content (AvgIpc) is 2.83. The van der Waals surface area contributed by atoms with E-state index in [0.29, 0.717) is 23.2 Å². The number of ketones is 1. The van der Waals surface area contributed by atoms with Crippen molar-refractivity contribution in [1.82, 2.24) is 0 Å². The number of carbonyl (C=O) groups excluding carboxylic acids is 1. The van der Waals surface area contributed by atoms with Crippen molar-refractivity contribution in [1.29, 1.82) is 5.26 Å². The van der Waals surface area contributed by atoms with Crippen molar-refractivity contribution in [3.05, 3.63) is 64.7 Å². The molecule has 0 aliphatic heterocycles. The molecular formula is C18H16N2O2. The standard InChI is InChI=1S/C18H16N2O2/c1-11(21)14-7-6-12(10-19)8-16(14)20-18-15-5-3-2-4-13(15)9-17(18)22/h2-8,17-18,20,22H,9H2,1H3/t17-,18+/m1/s1. The predicted octanol–water partition coefficient (Wildman–Crippen LogP) is 2.83. The van der Waals surface area contributed by atoms with Gasteiger partial charge in [-0.2, -0.15) is 5.26 Å². The summed E-state index contributed by atoms with van der Waals surface area (Å²) in [5.74, 6) is -0.0761. The second-order valence-corrected chi connectivity index (χ2v) is 5.52. The second kappa shape index (κ2) is 5.63. The summed E-state index contributed by atoms with van der Waals surface area (Å²) in [4.78, 5) is 11.8. The van der Waals surface area contributed by atoms with E-state index in [9.17, 15) is 9.90 Å². The van der Waals surface area contributed by atoms with E-state index >= 15 is 0 Å². The fourth-order valence-electron chi connectivity index (χ4n) is 2.96. The molecule has 0 spiro atoms. The zero-order valence-corrected chi connectivity index (χ0v) is 12.2. The zero-order chi connectivity index (χ0) is 15.7. The normalized spacial score (nSPS) is 19.3. The van der Waals surface area contributed by atoms with Gasteiger partial charge >= 0.3 is 0 Å². The highest BCUT2D eigenvalue weighted by atomic mass is 16.3. The molecule has 3 rings (SSSR count). The highest BCUT2D eigenvalue weighted by Crippen LogP contribution is 2.35. The molecule has 0 saturated carbocycles. The molecule has 1 aliphatic carbocycles. The first kappa shape index (κ1) is 14.3. The third kappa shape index (κ3) is 2.47. The van der Waals surface area contributed by atoms with Crippen LogP contribution in [0.25, 0.3) is 0 Å². The number of hydrogen-bond donors (Lipinski definition) is 2. The Hall–Kier alpha value is -2.64. The van der Waals surface area contributed by atoms with Crippen LogP contribution in [-0.2, 0) is 6.42 Å². The van der Waals surface area contributed by atoms with Crippen molar-refractivity contribution in [3.63, 3.8) is 0 Å². The maximum atomic E-state index is 11.8. The largest absolute Gasteiger partial charge is 0.390 e. The molecule has 0 amide bonds. The van der Waals surface area contributed by atoms with E-state index in [1.54, 1.807) is 18.2 Å². The van der Waals surface area contributed by atoms with Gasteiger partial charge in [-0.05, 0) is 36.2 Å². The maximum absolute atomic E-state index is 11.8. The van der Waals surface area contributed by atoms with Crippen LogP contribution in [0.3, 0.4) is 0 Å². The minimum atomic E-state index is -0.553. The molecule has 0 bridgehead atoms. The van der Waals surface area contributed by atoms with E-state index in [-0.39, 0.29) is 11.8 Å². The van der Waals surface area contributed by atoms with Crippen molar-refractivity contribution < 1.29 is 9.90 Å². The minimum Gasteiger partial charge on any atom is -0.390 e. The number of Topliss-reactive ketones (excluding diaryl/α,β-unsaturated/α-hetero) is 1. The van der Waals surface area contributed by atoms with E-state index in [0.717, 1.165) is 11.1 Å². The molecule has 2 aromatic rings. The van der Waals surface area contributed by atoms with Crippen LogP contribution in [0.1, 0.15) is 40.0 Å². The van der Waals surface area contributed by atoms with Gasteiger partial charge in [-0.3, -0.25) is 4.79 Å². The first-order valence-corrected chi connectivity index (χ1v) is 7.17. The molecule has 0 fully saturated rings. The monoisotopic (exact) mass is 292 g/mol. The third-order valence-corrected chi connectivity index (χ3v) is 4.04. The second-order valence-electron chi connectivity index (χ2n) is 5.52. The number of nitrogens with zero attached hydrogens (tertiary/aromatic N) is 1. The maximum Gasteiger partial charge on any atom is 0.161 e. The van der Waals surface area contributed by atoms with E-state index < -0.39 is 6.10 Å². The van der Waals surface area contributed by atoms with Crippen LogP contribution >= 0.6 is 0 Å². The van der Waals surface area contributed by atoms with Gasteiger partial charge < -0.3 is 10.4 Å². The summed E-state index contributed by atoms with van der Waals surface area (Å²) in [7, 11) is 0. The number of fused-ring (bicyclic) bond motifs is 1. The lowest BCUT2D eigenvalue weighted by Crippen LogP contribution is -2.22. The van der Waals surface area contributed by atoms with Crippen LogP contribution in [-0.4, -0.2) is 17.0 Å². The quantitative estimate of drug-likeness (QED) is 0.853. The Labute approximate surface area is 129 Å². The van der Waals surface area contributed by atoms with Gasteiger partial charge in [0.15, 0.2) is 5.78 Å². The Bertz CT molecular complexity index is 777. The van der Waals surface area contributed by atoms with Crippen molar-refractivity contribution in [2.45, 2.75) is 25.5 Å². The molecule has 0 heterocycles. The van der Waals surface area contributed by atoms with E-state index in [1.165, 1.54) is 6.92 Å². The molecule has 1 aliphatic rings. The highest BCUT2D eigenvalue weighted by molar-refractivity contribution is 5.99. The van der Waals surface area contributed by atoms with Gasteiger partial charge in [0, 0.05) is 17.7 Å². The summed E-state index contributed by atoms with van der Waals surface area (Å²) in [6.45, 7) is 1.49. The molecule has 0 saturated heterocycles. The van der Waals surface area contributed by atoms with Crippen LogP contribution in [0.2, 0.25) is 0 Å². The van der Waals surface area contributed by atoms with Gasteiger partial charge in [0.05, 0.1) is 23.8 Å². The molecule has 4 heteroatoms. The predicted molar refractivity (Wildman–Crippen MR) is 83.7 cm³/mol.